The summed E-state index contributed by atoms with van der Waals surface area (Å²) in [6, 6.07) is 8.56. The van der Waals surface area contributed by atoms with E-state index >= 15 is 0 Å². The summed E-state index contributed by atoms with van der Waals surface area (Å²) in [5.74, 6) is -0.224. The highest BCUT2D eigenvalue weighted by Crippen LogP contribution is 2.43. The molecule has 1 aromatic carbocycles. The monoisotopic (exact) mass is 355 g/mol. The van der Waals surface area contributed by atoms with Gasteiger partial charge in [0, 0.05) is 49.3 Å². The van der Waals surface area contributed by atoms with Crippen LogP contribution in [0.5, 0.6) is 0 Å². The first-order valence-corrected chi connectivity index (χ1v) is 9.43. The Balaban J connectivity index is 1.48. The zero-order valence-electron chi connectivity index (χ0n) is 15.5. The van der Waals surface area contributed by atoms with Gasteiger partial charge in [-0.05, 0) is 62.1 Å². The molecule has 1 saturated carbocycles. The maximum Gasteiger partial charge on any atom is 0.227 e. The number of anilines is 2. The Kier molecular flexibility index (Phi) is 4.25. The molecular formula is C21H26FN3O. The second kappa shape index (κ2) is 6.45. The van der Waals surface area contributed by atoms with E-state index in [1.165, 1.54) is 11.4 Å². The van der Waals surface area contributed by atoms with E-state index in [-0.39, 0.29) is 12.3 Å². The molecule has 2 heterocycles. The number of aryl methyl sites for hydroxylation is 2. The summed E-state index contributed by atoms with van der Waals surface area (Å²) in [5, 5.41) is 2.93. The lowest BCUT2D eigenvalue weighted by atomic mass is 10.1. The summed E-state index contributed by atoms with van der Waals surface area (Å²) < 4.78 is 16.1. The first-order chi connectivity index (χ1) is 12.4. The van der Waals surface area contributed by atoms with Crippen LogP contribution in [0.2, 0.25) is 0 Å². The summed E-state index contributed by atoms with van der Waals surface area (Å²) in [4.78, 5) is 14.5. The molecule has 0 bridgehead atoms. The number of hydrogen-bond acceptors (Lipinski definition) is 2. The van der Waals surface area contributed by atoms with E-state index in [9.17, 15) is 9.18 Å². The fourth-order valence-electron chi connectivity index (χ4n) is 3.85. The van der Waals surface area contributed by atoms with Crippen LogP contribution in [0.4, 0.5) is 15.8 Å². The molecule has 1 amide bonds. The largest absolute Gasteiger partial charge is 0.369 e. The minimum absolute atomic E-state index is 0.0295. The van der Waals surface area contributed by atoms with Gasteiger partial charge < -0.3 is 14.8 Å². The SMILES string of the molecule is Cc1cc(N2CCc3cccn3CC2)cc(C)c1NC(=O)CC1(F)CC1. The van der Waals surface area contributed by atoms with Crippen molar-refractivity contribution in [1.29, 1.82) is 0 Å². The van der Waals surface area contributed by atoms with Crippen LogP contribution in [0.15, 0.2) is 30.5 Å². The number of alkyl halides is 1. The highest BCUT2D eigenvalue weighted by molar-refractivity contribution is 5.93. The van der Waals surface area contributed by atoms with Crippen molar-refractivity contribution in [3.63, 3.8) is 0 Å². The lowest BCUT2D eigenvalue weighted by molar-refractivity contribution is -0.117. The van der Waals surface area contributed by atoms with E-state index in [0.29, 0.717) is 12.8 Å². The van der Waals surface area contributed by atoms with Crippen LogP contribution in [0.3, 0.4) is 0 Å². The first-order valence-electron chi connectivity index (χ1n) is 9.43. The van der Waals surface area contributed by atoms with Gasteiger partial charge in [-0.3, -0.25) is 4.79 Å². The number of fused-ring (bicyclic) bond motifs is 1. The number of carbonyl (C=O) groups excluding carboxylic acids is 1. The maximum atomic E-state index is 13.8. The molecule has 1 aliphatic heterocycles. The fraction of sp³-hybridized carbons (Fsp3) is 0.476. The van der Waals surface area contributed by atoms with E-state index in [4.69, 9.17) is 0 Å². The molecule has 4 nitrogen and oxygen atoms in total. The Morgan fingerprint density at radius 2 is 1.92 bits per heavy atom. The molecular weight excluding hydrogens is 329 g/mol. The van der Waals surface area contributed by atoms with Gasteiger partial charge in [-0.2, -0.15) is 0 Å². The molecule has 26 heavy (non-hydrogen) atoms. The van der Waals surface area contributed by atoms with Crippen LogP contribution in [0.1, 0.15) is 36.1 Å². The average molecular weight is 355 g/mol. The molecule has 2 aliphatic rings. The lowest BCUT2D eigenvalue weighted by Crippen LogP contribution is -2.27. The van der Waals surface area contributed by atoms with E-state index in [1.54, 1.807) is 0 Å². The number of aromatic nitrogens is 1. The number of amides is 1. The number of benzene rings is 1. The Morgan fingerprint density at radius 3 is 2.62 bits per heavy atom. The Morgan fingerprint density at radius 1 is 1.19 bits per heavy atom. The number of hydrogen-bond donors (Lipinski definition) is 1. The van der Waals surface area contributed by atoms with Crippen LogP contribution in [-0.4, -0.2) is 29.2 Å². The lowest BCUT2D eigenvalue weighted by Gasteiger charge is -2.25. The van der Waals surface area contributed by atoms with E-state index < -0.39 is 5.67 Å². The second-order valence-corrected chi connectivity index (χ2v) is 7.76. The van der Waals surface area contributed by atoms with Crippen molar-refractivity contribution in [1.82, 2.24) is 4.57 Å². The van der Waals surface area contributed by atoms with E-state index in [0.717, 1.165) is 42.9 Å². The normalized spacial score (nSPS) is 18.2. The zero-order chi connectivity index (χ0) is 18.3. The summed E-state index contributed by atoms with van der Waals surface area (Å²) in [6.45, 7) is 6.96. The fourth-order valence-corrected chi connectivity index (χ4v) is 3.85. The highest BCUT2D eigenvalue weighted by Gasteiger charge is 2.44. The quantitative estimate of drug-likeness (QED) is 0.900. The van der Waals surface area contributed by atoms with Gasteiger partial charge in [0.15, 0.2) is 0 Å². The van der Waals surface area contributed by atoms with Gasteiger partial charge in [0.2, 0.25) is 5.91 Å². The molecule has 1 aliphatic carbocycles. The average Bonchev–Trinajstić information content (AvgIpc) is 3.20. The molecule has 1 aromatic heterocycles. The summed E-state index contributed by atoms with van der Waals surface area (Å²) in [7, 11) is 0. The predicted octanol–water partition coefficient (Wildman–Crippen LogP) is 4.00. The Labute approximate surface area is 154 Å². The van der Waals surface area contributed by atoms with Crippen molar-refractivity contribution in [3.05, 3.63) is 47.3 Å². The molecule has 0 radical (unpaired) electrons. The summed E-state index contributed by atoms with van der Waals surface area (Å²) in [5.41, 5.74) is 4.19. The molecule has 0 saturated heterocycles. The van der Waals surface area contributed by atoms with Gasteiger partial charge in [-0.15, -0.1) is 0 Å². The van der Waals surface area contributed by atoms with Crippen LogP contribution < -0.4 is 10.2 Å². The van der Waals surface area contributed by atoms with Crippen molar-refractivity contribution < 1.29 is 9.18 Å². The second-order valence-electron chi connectivity index (χ2n) is 7.76. The van der Waals surface area contributed by atoms with Crippen molar-refractivity contribution in [2.75, 3.05) is 23.3 Å². The van der Waals surface area contributed by atoms with Crippen molar-refractivity contribution >= 4 is 17.3 Å². The van der Waals surface area contributed by atoms with Crippen molar-refractivity contribution in [2.24, 2.45) is 0 Å². The molecule has 0 atom stereocenters. The van der Waals surface area contributed by atoms with E-state index in [1.807, 2.05) is 13.8 Å². The minimum Gasteiger partial charge on any atom is -0.369 e. The number of nitrogens with one attached hydrogen (secondary N) is 1. The minimum atomic E-state index is -1.26. The third-order valence-electron chi connectivity index (χ3n) is 5.59. The van der Waals surface area contributed by atoms with Gasteiger partial charge in [-0.25, -0.2) is 4.39 Å². The van der Waals surface area contributed by atoms with Crippen LogP contribution in [0.25, 0.3) is 0 Å². The Hall–Kier alpha value is -2.30. The van der Waals surface area contributed by atoms with Gasteiger partial charge in [0.05, 0.1) is 6.42 Å². The zero-order valence-corrected chi connectivity index (χ0v) is 15.5. The number of halogens is 1. The van der Waals surface area contributed by atoms with Crippen molar-refractivity contribution in [2.45, 2.75) is 51.7 Å². The first kappa shape index (κ1) is 17.1. The molecule has 138 valence electrons. The number of rotatable bonds is 4. The van der Waals surface area contributed by atoms with Crippen LogP contribution in [0, 0.1) is 13.8 Å². The van der Waals surface area contributed by atoms with E-state index in [2.05, 4.69) is 45.2 Å². The molecule has 1 N–H and O–H groups in total. The Bertz CT molecular complexity index is 792. The van der Waals surface area contributed by atoms with Crippen LogP contribution in [-0.2, 0) is 17.8 Å². The number of carbonyl (C=O) groups is 1. The molecule has 1 fully saturated rings. The standard InChI is InChI=1S/C21H26FN3O/c1-15-12-18(25-9-5-17-4-3-8-24(17)10-11-25)13-16(2)20(15)23-19(26)14-21(22)6-7-21/h3-4,8,12-13H,5-7,9-11,14H2,1-2H3,(H,23,26). The highest BCUT2D eigenvalue weighted by atomic mass is 19.1. The maximum absolute atomic E-state index is 13.8. The van der Waals surface area contributed by atoms with Crippen molar-refractivity contribution in [3.8, 4) is 0 Å². The molecule has 2 aromatic rings. The summed E-state index contributed by atoms with van der Waals surface area (Å²) >= 11 is 0. The molecule has 5 heteroatoms. The van der Waals surface area contributed by atoms with Gasteiger partial charge >= 0.3 is 0 Å². The smallest absolute Gasteiger partial charge is 0.227 e. The molecule has 0 unspecified atom stereocenters. The topological polar surface area (TPSA) is 37.3 Å². The summed E-state index contributed by atoms with van der Waals surface area (Å²) in [6.07, 6.45) is 4.16. The predicted molar refractivity (Wildman–Crippen MR) is 103 cm³/mol. The third-order valence-corrected chi connectivity index (χ3v) is 5.59. The van der Waals surface area contributed by atoms with Gasteiger partial charge in [-0.1, -0.05) is 0 Å². The number of nitrogens with zero attached hydrogens (tertiary/aromatic N) is 2. The third kappa shape index (κ3) is 3.48. The molecule has 0 spiro atoms. The molecule has 4 rings (SSSR count). The van der Waals surface area contributed by atoms with Crippen LogP contribution >= 0.6 is 0 Å². The van der Waals surface area contributed by atoms with Gasteiger partial charge in [0.1, 0.15) is 5.67 Å². The van der Waals surface area contributed by atoms with Gasteiger partial charge in [0.25, 0.3) is 0 Å².